The molecule has 0 spiro atoms. The molecule has 0 radical (unpaired) electrons. The van der Waals surface area contributed by atoms with E-state index in [4.69, 9.17) is 19.7 Å². The Labute approximate surface area is 210 Å². The highest BCUT2D eigenvalue weighted by Crippen LogP contribution is 2.32. The minimum Gasteiger partial charge on any atom is -0.454 e. The molecule has 0 aliphatic rings. The van der Waals surface area contributed by atoms with Gasteiger partial charge >= 0.3 is 0 Å². The molecule has 0 saturated carbocycles. The van der Waals surface area contributed by atoms with Crippen molar-refractivity contribution in [3.63, 3.8) is 0 Å². The van der Waals surface area contributed by atoms with Crippen LogP contribution in [-0.4, -0.2) is 21.6 Å². The first-order valence-corrected chi connectivity index (χ1v) is 11.5. The lowest BCUT2D eigenvalue weighted by molar-refractivity contribution is -0.111. The Hall–Kier alpha value is -5.37. The zero-order chi connectivity index (χ0) is 25.4. The van der Waals surface area contributed by atoms with Crippen LogP contribution in [0, 0.1) is 0 Å². The number of hydrogen-bond acceptors (Lipinski definition) is 5. The molecule has 6 aromatic rings. The van der Waals surface area contributed by atoms with Gasteiger partial charge in [-0.3, -0.25) is 9.59 Å². The van der Waals surface area contributed by atoms with Gasteiger partial charge in [0.25, 0.3) is 5.91 Å². The van der Waals surface area contributed by atoms with Crippen molar-refractivity contribution < 1.29 is 18.4 Å². The summed E-state index contributed by atoms with van der Waals surface area (Å²) >= 11 is 0. The number of rotatable bonds is 6. The number of amides is 2. The molecule has 37 heavy (non-hydrogen) atoms. The number of hydrogen-bond donors (Lipinski definition) is 2. The van der Waals surface area contributed by atoms with Gasteiger partial charge in [0.2, 0.25) is 11.7 Å². The first-order chi connectivity index (χ1) is 18.1. The van der Waals surface area contributed by atoms with Crippen LogP contribution in [0.4, 0.5) is 5.69 Å². The van der Waals surface area contributed by atoms with Gasteiger partial charge < -0.3 is 19.9 Å². The van der Waals surface area contributed by atoms with E-state index in [0.29, 0.717) is 28.0 Å². The minimum atomic E-state index is -0.771. The minimum absolute atomic E-state index is 0.109. The maximum absolute atomic E-state index is 12.9. The van der Waals surface area contributed by atoms with Crippen LogP contribution in [-0.2, 0) is 4.79 Å². The number of carbonyl (C=O) groups is 2. The summed E-state index contributed by atoms with van der Waals surface area (Å²) in [6, 6.07) is 26.3. The lowest BCUT2D eigenvalue weighted by Gasteiger charge is -2.01. The summed E-state index contributed by atoms with van der Waals surface area (Å²) in [6.07, 6.45) is 4.84. The molecular formula is C29H20N4O4. The van der Waals surface area contributed by atoms with Crippen LogP contribution in [0.5, 0.6) is 0 Å². The predicted octanol–water partition coefficient (Wildman–Crippen LogP) is 5.78. The number of nitrogens with one attached hydrogen (secondary N) is 1. The summed E-state index contributed by atoms with van der Waals surface area (Å²) in [5.41, 5.74) is 9.01. The first kappa shape index (κ1) is 22.1. The van der Waals surface area contributed by atoms with Crippen LogP contribution in [0.15, 0.2) is 106 Å². The van der Waals surface area contributed by atoms with Gasteiger partial charge in [0, 0.05) is 28.6 Å². The van der Waals surface area contributed by atoms with E-state index >= 15 is 0 Å². The average Bonchev–Trinajstić information content (AvgIpc) is 3.63. The van der Waals surface area contributed by atoms with Crippen LogP contribution < -0.4 is 11.1 Å². The molecule has 0 aliphatic heterocycles. The Kier molecular flexibility index (Phi) is 5.39. The highest BCUT2D eigenvalue weighted by Gasteiger charge is 2.20. The quantitative estimate of drug-likeness (QED) is 0.288. The number of nitrogens with zero attached hydrogens (tertiary/aromatic N) is 2. The monoisotopic (exact) mass is 488 g/mol. The molecule has 0 aliphatic carbocycles. The van der Waals surface area contributed by atoms with E-state index in [1.54, 1.807) is 35.0 Å². The molecule has 0 atom stereocenters. The van der Waals surface area contributed by atoms with Gasteiger partial charge in [0.05, 0.1) is 5.69 Å². The average molecular weight is 489 g/mol. The van der Waals surface area contributed by atoms with Gasteiger partial charge in [0.1, 0.15) is 22.5 Å². The van der Waals surface area contributed by atoms with Crippen molar-refractivity contribution >= 4 is 45.5 Å². The number of aromatic nitrogens is 2. The molecule has 180 valence electrons. The fraction of sp³-hybridized carbons (Fsp3) is 0. The highest BCUT2D eigenvalue weighted by molar-refractivity contribution is 6.13. The Morgan fingerprint density at radius 1 is 0.892 bits per heavy atom. The first-order valence-electron chi connectivity index (χ1n) is 11.5. The van der Waals surface area contributed by atoms with Gasteiger partial charge in [-0.25, -0.2) is 4.68 Å². The van der Waals surface area contributed by atoms with Gasteiger partial charge in [-0.1, -0.05) is 48.5 Å². The van der Waals surface area contributed by atoms with E-state index in [1.807, 2.05) is 66.9 Å². The zero-order valence-corrected chi connectivity index (χ0v) is 19.4. The molecule has 3 heterocycles. The fourth-order valence-corrected chi connectivity index (χ4v) is 4.19. The van der Waals surface area contributed by atoms with Gasteiger partial charge in [-0.2, -0.15) is 5.10 Å². The third-order valence-electron chi connectivity index (χ3n) is 5.90. The second-order valence-corrected chi connectivity index (χ2v) is 8.35. The number of para-hydroxylation sites is 3. The second-order valence-electron chi connectivity index (χ2n) is 8.35. The van der Waals surface area contributed by atoms with E-state index in [-0.39, 0.29) is 11.4 Å². The van der Waals surface area contributed by atoms with Crippen molar-refractivity contribution in [2.24, 2.45) is 5.73 Å². The number of primary amides is 1. The maximum atomic E-state index is 12.9. The number of benzene rings is 3. The smallest absolute Gasteiger partial charge is 0.286 e. The summed E-state index contributed by atoms with van der Waals surface area (Å²) < 4.78 is 13.3. The molecule has 8 nitrogen and oxygen atoms in total. The van der Waals surface area contributed by atoms with Crippen molar-refractivity contribution in [2.45, 2.75) is 0 Å². The molecule has 3 N–H and O–H groups in total. The molecular weight excluding hydrogens is 468 g/mol. The van der Waals surface area contributed by atoms with Crippen LogP contribution in [0.25, 0.3) is 45.2 Å². The molecule has 0 fully saturated rings. The number of anilines is 1. The van der Waals surface area contributed by atoms with Gasteiger partial charge in [-0.05, 0) is 42.5 Å². The summed E-state index contributed by atoms with van der Waals surface area (Å²) in [6.45, 7) is 0. The lowest BCUT2D eigenvalue weighted by atomic mass is 10.1. The summed E-state index contributed by atoms with van der Waals surface area (Å²) in [5.74, 6) is -0.764. The molecule has 8 heteroatoms. The van der Waals surface area contributed by atoms with Crippen LogP contribution in [0.2, 0.25) is 0 Å². The molecule has 6 rings (SSSR count). The van der Waals surface area contributed by atoms with Gasteiger partial charge in [-0.15, -0.1) is 0 Å². The predicted molar refractivity (Wildman–Crippen MR) is 141 cm³/mol. The zero-order valence-electron chi connectivity index (χ0n) is 19.4. The standard InChI is InChI=1S/C29H20N4O4/c30-29(35)28-27(21-11-5-7-13-23(21)37-28)31-25(34)15-14-19-17-33(20-9-2-1-3-10-20)32-26(19)24-16-18-8-4-6-12-22(18)36-24/h1-17H,(H2,30,35)(H,31,34). The lowest BCUT2D eigenvalue weighted by Crippen LogP contribution is -2.15. The number of nitrogens with two attached hydrogens (primary N) is 1. The van der Waals surface area contributed by atoms with Crippen molar-refractivity contribution in [2.75, 3.05) is 5.32 Å². The number of fused-ring (bicyclic) bond motifs is 2. The van der Waals surface area contributed by atoms with Crippen LogP contribution >= 0.6 is 0 Å². The largest absolute Gasteiger partial charge is 0.454 e. The second kappa shape index (κ2) is 9.01. The molecule has 3 aromatic carbocycles. The summed E-state index contributed by atoms with van der Waals surface area (Å²) in [7, 11) is 0. The molecule has 2 amide bonds. The van der Waals surface area contributed by atoms with Crippen molar-refractivity contribution in [3.8, 4) is 17.1 Å². The number of carbonyl (C=O) groups excluding carboxylic acids is 2. The Bertz CT molecular complexity index is 1770. The van der Waals surface area contributed by atoms with E-state index in [0.717, 1.165) is 16.7 Å². The van der Waals surface area contributed by atoms with E-state index in [2.05, 4.69) is 5.32 Å². The van der Waals surface area contributed by atoms with Gasteiger partial charge in [0.15, 0.2) is 5.76 Å². The van der Waals surface area contributed by atoms with E-state index in [9.17, 15) is 9.59 Å². The number of furan rings is 2. The molecule has 0 saturated heterocycles. The molecule has 0 bridgehead atoms. The Morgan fingerprint density at radius 3 is 2.41 bits per heavy atom. The Balaban J connectivity index is 1.37. The van der Waals surface area contributed by atoms with E-state index in [1.165, 1.54) is 6.08 Å². The fourth-order valence-electron chi connectivity index (χ4n) is 4.19. The third kappa shape index (κ3) is 4.17. The normalized spacial score (nSPS) is 11.5. The van der Waals surface area contributed by atoms with Crippen molar-refractivity contribution in [3.05, 3.63) is 109 Å². The molecule has 3 aromatic heterocycles. The topological polar surface area (TPSA) is 116 Å². The van der Waals surface area contributed by atoms with Crippen molar-refractivity contribution in [1.29, 1.82) is 0 Å². The highest BCUT2D eigenvalue weighted by atomic mass is 16.3. The summed E-state index contributed by atoms with van der Waals surface area (Å²) in [5, 5.41) is 9.01. The summed E-state index contributed by atoms with van der Waals surface area (Å²) in [4.78, 5) is 24.8. The van der Waals surface area contributed by atoms with E-state index < -0.39 is 11.8 Å². The Morgan fingerprint density at radius 2 is 1.62 bits per heavy atom. The van der Waals surface area contributed by atoms with Crippen molar-refractivity contribution in [1.82, 2.24) is 9.78 Å². The van der Waals surface area contributed by atoms with Crippen LogP contribution in [0.3, 0.4) is 0 Å². The molecule has 0 unspecified atom stereocenters. The maximum Gasteiger partial charge on any atom is 0.286 e. The SMILES string of the molecule is NC(=O)c1oc2ccccc2c1NC(=O)C=Cc1cn(-c2ccccc2)nc1-c1cc2ccccc2o1. The third-order valence-corrected chi connectivity index (χ3v) is 5.90. The van der Waals surface area contributed by atoms with Crippen LogP contribution in [0.1, 0.15) is 16.1 Å².